The van der Waals surface area contributed by atoms with Crippen molar-refractivity contribution < 1.29 is 8.42 Å². The molecule has 1 aromatic rings. The molecule has 0 amide bonds. The highest BCUT2D eigenvalue weighted by Gasteiger charge is 2.16. The van der Waals surface area contributed by atoms with Gasteiger partial charge in [-0.3, -0.25) is 0 Å². The van der Waals surface area contributed by atoms with Gasteiger partial charge in [0.1, 0.15) is 4.90 Å². The summed E-state index contributed by atoms with van der Waals surface area (Å²) < 4.78 is 26.8. The first-order valence-corrected chi connectivity index (χ1v) is 7.18. The molecule has 0 aromatic heterocycles. The molecule has 0 saturated carbocycles. The highest BCUT2D eigenvalue weighted by Crippen LogP contribution is 2.24. The predicted molar refractivity (Wildman–Crippen MR) is 69.2 cm³/mol. The van der Waals surface area contributed by atoms with Crippen molar-refractivity contribution in [2.45, 2.75) is 11.3 Å². The topological polar surface area (TPSA) is 46.2 Å². The fourth-order valence-electron chi connectivity index (χ4n) is 1.07. The monoisotopic (exact) mass is 323 g/mol. The first kappa shape index (κ1) is 13.7. The summed E-state index contributed by atoms with van der Waals surface area (Å²) in [5.41, 5.74) is 0. The van der Waals surface area contributed by atoms with E-state index in [9.17, 15) is 8.42 Å². The van der Waals surface area contributed by atoms with Crippen LogP contribution in [0.15, 0.2) is 40.2 Å². The Morgan fingerprint density at radius 2 is 2.19 bits per heavy atom. The molecule has 6 heteroatoms. The number of hydrogen-bond donors (Lipinski definition) is 1. The molecule has 0 aliphatic heterocycles. The first-order chi connectivity index (χ1) is 7.47. The smallest absolute Gasteiger partial charge is 0.211 e. The minimum absolute atomic E-state index is 0.0847. The Balaban J connectivity index is 2.94. The third kappa shape index (κ3) is 3.59. The van der Waals surface area contributed by atoms with E-state index in [1.165, 1.54) is 6.07 Å². The molecule has 0 aliphatic rings. The maximum Gasteiger partial charge on any atom is 0.242 e. The Labute approximate surface area is 109 Å². The number of rotatable bonds is 5. The predicted octanol–water partition coefficient (Wildman–Crippen LogP) is 2.96. The standard InChI is InChI=1S/C10H11BrClNO2S/c1-2-3-6-13-16(14,15)10-5-4-8(11)7-9(10)12/h2,4-5,7,13H,1,3,6H2. The van der Waals surface area contributed by atoms with Crippen molar-refractivity contribution >= 4 is 37.6 Å². The lowest BCUT2D eigenvalue weighted by atomic mass is 10.4. The number of hydrogen-bond acceptors (Lipinski definition) is 2. The Morgan fingerprint density at radius 3 is 2.75 bits per heavy atom. The van der Waals surface area contributed by atoms with Gasteiger partial charge in [-0.25, -0.2) is 13.1 Å². The van der Waals surface area contributed by atoms with E-state index in [1.807, 2.05) is 0 Å². The van der Waals surface area contributed by atoms with E-state index >= 15 is 0 Å². The quantitative estimate of drug-likeness (QED) is 0.668. The molecule has 1 N–H and O–H groups in total. The summed E-state index contributed by atoms with van der Waals surface area (Å²) in [6.45, 7) is 3.83. The fourth-order valence-corrected chi connectivity index (χ4v) is 3.15. The summed E-state index contributed by atoms with van der Waals surface area (Å²) in [7, 11) is -3.53. The van der Waals surface area contributed by atoms with E-state index in [2.05, 4.69) is 27.2 Å². The van der Waals surface area contributed by atoms with Gasteiger partial charge in [0, 0.05) is 11.0 Å². The van der Waals surface area contributed by atoms with Gasteiger partial charge in [0.2, 0.25) is 10.0 Å². The fraction of sp³-hybridized carbons (Fsp3) is 0.200. The Kier molecular flexibility index (Phi) is 4.98. The molecular weight excluding hydrogens is 314 g/mol. The maximum absolute atomic E-state index is 11.8. The van der Waals surface area contributed by atoms with Gasteiger partial charge in [-0.15, -0.1) is 6.58 Å². The largest absolute Gasteiger partial charge is 0.242 e. The maximum atomic E-state index is 11.8. The average molecular weight is 325 g/mol. The van der Waals surface area contributed by atoms with Crippen LogP contribution in [0.1, 0.15) is 6.42 Å². The molecule has 3 nitrogen and oxygen atoms in total. The van der Waals surface area contributed by atoms with Crippen molar-refractivity contribution in [3.8, 4) is 0 Å². The lowest BCUT2D eigenvalue weighted by molar-refractivity contribution is 0.582. The normalized spacial score (nSPS) is 11.4. The second-order valence-corrected chi connectivity index (χ2v) is 6.11. The number of sulfonamides is 1. The summed E-state index contributed by atoms with van der Waals surface area (Å²) in [5.74, 6) is 0. The van der Waals surface area contributed by atoms with Crippen molar-refractivity contribution in [3.05, 3.63) is 40.3 Å². The molecule has 0 aliphatic carbocycles. The van der Waals surface area contributed by atoms with Crippen LogP contribution in [-0.4, -0.2) is 15.0 Å². The van der Waals surface area contributed by atoms with Gasteiger partial charge in [0.05, 0.1) is 5.02 Å². The van der Waals surface area contributed by atoms with E-state index < -0.39 is 10.0 Å². The summed E-state index contributed by atoms with van der Waals surface area (Å²) in [4.78, 5) is 0.0847. The van der Waals surface area contributed by atoms with Crippen molar-refractivity contribution in [1.82, 2.24) is 4.72 Å². The lowest BCUT2D eigenvalue weighted by Crippen LogP contribution is -2.24. The molecule has 0 unspecified atom stereocenters. The van der Waals surface area contributed by atoms with Crippen LogP contribution in [0.25, 0.3) is 0 Å². The summed E-state index contributed by atoms with van der Waals surface area (Å²) in [6.07, 6.45) is 2.22. The van der Waals surface area contributed by atoms with Gasteiger partial charge in [-0.1, -0.05) is 33.6 Å². The van der Waals surface area contributed by atoms with Gasteiger partial charge < -0.3 is 0 Å². The van der Waals surface area contributed by atoms with Crippen LogP contribution < -0.4 is 4.72 Å². The van der Waals surface area contributed by atoms with Gasteiger partial charge in [-0.2, -0.15) is 0 Å². The molecule has 0 atom stereocenters. The highest BCUT2D eigenvalue weighted by molar-refractivity contribution is 9.10. The molecule has 0 radical (unpaired) electrons. The van der Waals surface area contributed by atoms with E-state index in [4.69, 9.17) is 11.6 Å². The minimum Gasteiger partial charge on any atom is -0.211 e. The van der Waals surface area contributed by atoms with Crippen LogP contribution in [0.2, 0.25) is 5.02 Å². The summed E-state index contributed by atoms with van der Waals surface area (Å²) >= 11 is 9.07. The molecule has 1 aromatic carbocycles. The van der Waals surface area contributed by atoms with Crippen LogP contribution in [0.4, 0.5) is 0 Å². The van der Waals surface area contributed by atoms with E-state index in [-0.39, 0.29) is 9.92 Å². The Morgan fingerprint density at radius 1 is 1.50 bits per heavy atom. The molecule has 0 bridgehead atoms. The zero-order valence-corrected chi connectivity index (χ0v) is 11.6. The van der Waals surface area contributed by atoms with Crippen LogP contribution in [0.5, 0.6) is 0 Å². The van der Waals surface area contributed by atoms with E-state index in [1.54, 1.807) is 18.2 Å². The van der Waals surface area contributed by atoms with E-state index in [0.29, 0.717) is 13.0 Å². The van der Waals surface area contributed by atoms with Crippen molar-refractivity contribution in [1.29, 1.82) is 0 Å². The molecule has 16 heavy (non-hydrogen) atoms. The molecule has 0 heterocycles. The van der Waals surface area contributed by atoms with Crippen LogP contribution in [0.3, 0.4) is 0 Å². The zero-order chi connectivity index (χ0) is 12.2. The van der Waals surface area contributed by atoms with Gasteiger partial charge in [0.15, 0.2) is 0 Å². The molecular formula is C10H11BrClNO2S. The highest BCUT2D eigenvalue weighted by atomic mass is 79.9. The van der Waals surface area contributed by atoms with E-state index in [0.717, 1.165) is 4.47 Å². The third-order valence-corrected chi connectivity index (χ3v) is 4.26. The molecule has 1 rings (SSSR count). The number of nitrogens with one attached hydrogen (secondary N) is 1. The number of halogens is 2. The van der Waals surface area contributed by atoms with Crippen molar-refractivity contribution in [2.75, 3.05) is 6.54 Å². The van der Waals surface area contributed by atoms with Crippen molar-refractivity contribution in [3.63, 3.8) is 0 Å². The van der Waals surface area contributed by atoms with Crippen molar-refractivity contribution in [2.24, 2.45) is 0 Å². The first-order valence-electron chi connectivity index (χ1n) is 4.53. The minimum atomic E-state index is -3.53. The summed E-state index contributed by atoms with van der Waals surface area (Å²) in [6, 6.07) is 4.64. The second-order valence-electron chi connectivity index (χ2n) is 3.05. The average Bonchev–Trinajstić information content (AvgIpc) is 2.17. The van der Waals surface area contributed by atoms with Gasteiger partial charge >= 0.3 is 0 Å². The van der Waals surface area contributed by atoms with Gasteiger partial charge in [0.25, 0.3) is 0 Å². The van der Waals surface area contributed by atoms with Crippen LogP contribution in [-0.2, 0) is 10.0 Å². The summed E-state index contributed by atoms with van der Waals surface area (Å²) in [5, 5.41) is 0.195. The van der Waals surface area contributed by atoms with Crippen LogP contribution >= 0.6 is 27.5 Å². The molecule has 0 spiro atoms. The Hall–Kier alpha value is -0.360. The molecule has 0 saturated heterocycles. The molecule has 88 valence electrons. The third-order valence-electron chi connectivity index (χ3n) is 1.82. The second kappa shape index (κ2) is 5.82. The molecule has 0 fully saturated rings. The number of benzene rings is 1. The SMILES string of the molecule is C=CCCNS(=O)(=O)c1ccc(Br)cc1Cl. The van der Waals surface area contributed by atoms with Gasteiger partial charge in [-0.05, 0) is 24.6 Å². The van der Waals surface area contributed by atoms with Crippen LogP contribution in [0, 0.1) is 0 Å². The zero-order valence-electron chi connectivity index (χ0n) is 8.41. The Bertz CT molecular complexity index is 488. The lowest BCUT2D eigenvalue weighted by Gasteiger charge is -2.07.